The van der Waals surface area contributed by atoms with Crippen LogP contribution >= 0.6 is 0 Å². The number of nitrogens with one attached hydrogen (secondary N) is 1. The van der Waals surface area contributed by atoms with Crippen LogP contribution in [0.15, 0.2) is 0 Å². The zero-order valence-corrected chi connectivity index (χ0v) is 14.0. The first-order valence-corrected chi connectivity index (χ1v) is 7.76. The van der Waals surface area contributed by atoms with Crippen molar-refractivity contribution in [2.75, 3.05) is 46.8 Å². The van der Waals surface area contributed by atoms with E-state index < -0.39 is 0 Å². The van der Waals surface area contributed by atoms with Gasteiger partial charge in [0.2, 0.25) is 5.91 Å². The van der Waals surface area contributed by atoms with Crippen LogP contribution in [-0.2, 0) is 4.79 Å². The zero-order valence-electron chi connectivity index (χ0n) is 14.0. The third kappa shape index (κ3) is 9.28. The second kappa shape index (κ2) is 11.1. The maximum absolute atomic E-state index is 11.9. The van der Waals surface area contributed by atoms with Gasteiger partial charge in [-0.15, -0.1) is 0 Å². The molecule has 0 aromatic carbocycles. The number of likely N-dealkylation sites (N-methyl/N-ethyl adjacent to an activating group) is 1. The highest BCUT2D eigenvalue weighted by atomic mass is 16.1. The van der Waals surface area contributed by atoms with Crippen molar-refractivity contribution in [1.82, 2.24) is 15.1 Å². The summed E-state index contributed by atoms with van der Waals surface area (Å²) >= 11 is 0. The molecule has 0 bridgehead atoms. The number of carbonyl (C=O) groups is 1. The molecule has 0 aliphatic heterocycles. The molecule has 0 rings (SSSR count). The molecular formula is C15H34N4O. The van der Waals surface area contributed by atoms with Crippen LogP contribution in [0.25, 0.3) is 0 Å². The van der Waals surface area contributed by atoms with Crippen LogP contribution in [0.3, 0.4) is 0 Å². The zero-order chi connectivity index (χ0) is 15.5. The van der Waals surface area contributed by atoms with Gasteiger partial charge in [-0.3, -0.25) is 9.69 Å². The van der Waals surface area contributed by atoms with Crippen molar-refractivity contribution >= 4 is 5.91 Å². The van der Waals surface area contributed by atoms with Crippen LogP contribution in [0.1, 0.15) is 33.6 Å². The topological polar surface area (TPSA) is 61.6 Å². The Hall–Kier alpha value is -0.650. The van der Waals surface area contributed by atoms with Gasteiger partial charge >= 0.3 is 0 Å². The molecule has 0 saturated heterocycles. The summed E-state index contributed by atoms with van der Waals surface area (Å²) < 4.78 is 0. The van der Waals surface area contributed by atoms with Crippen molar-refractivity contribution in [3.05, 3.63) is 0 Å². The van der Waals surface area contributed by atoms with Gasteiger partial charge in [-0.05, 0) is 26.4 Å². The fourth-order valence-electron chi connectivity index (χ4n) is 2.13. The number of amides is 1. The fourth-order valence-corrected chi connectivity index (χ4v) is 2.13. The molecule has 0 spiro atoms. The van der Waals surface area contributed by atoms with Crippen molar-refractivity contribution < 1.29 is 4.79 Å². The van der Waals surface area contributed by atoms with Crippen LogP contribution < -0.4 is 11.1 Å². The molecule has 3 N–H and O–H groups in total. The third-order valence-corrected chi connectivity index (χ3v) is 3.22. The van der Waals surface area contributed by atoms with Crippen molar-refractivity contribution in [2.45, 2.75) is 39.7 Å². The quantitative estimate of drug-likeness (QED) is 0.588. The fraction of sp³-hybridized carbons (Fsp3) is 0.933. The van der Waals surface area contributed by atoms with Crippen LogP contribution in [0.5, 0.6) is 0 Å². The lowest BCUT2D eigenvalue weighted by atomic mass is 10.1. The second-order valence-corrected chi connectivity index (χ2v) is 6.14. The summed E-state index contributed by atoms with van der Waals surface area (Å²) in [6.07, 6.45) is 1.46. The number of rotatable bonds is 11. The van der Waals surface area contributed by atoms with Gasteiger partial charge in [-0.1, -0.05) is 20.8 Å². The summed E-state index contributed by atoms with van der Waals surface area (Å²) in [6, 6.07) is 0.134. The second-order valence-electron chi connectivity index (χ2n) is 6.14. The van der Waals surface area contributed by atoms with E-state index in [-0.39, 0.29) is 11.9 Å². The normalized spacial score (nSPS) is 13.2. The van der Waals surface area contributed by atoms with Crippen molar-refractivity contribution in [1.29, 1.82) is 0 Å². The highest BCUT2D eigenvalue weighted by Gasteiger charge is 2.20. The molecule has 0 aromatic heterocycles. The lowest BCUT2D eigenvalue weighted by molar-refractivity contribution is -0.122. The Kier molecular flexibility index (Phi) is 10.7. The van der Waals surface area contributed by atoms with E-state index in [0.29, 0.717) is 18.9 Å². The van der Waals surface area contributed by atoms with E-state index in [2.05, 4.69) is 50.0 Å². The van der Waals surface area contributed by atoms with Crippen LogP contribution in [0.4, 0.5) is 0 Å². The Morgan fingerprint density at radius 2 is 1.90 bits per heavy atom. The minimum Gasteiger partial charge on any atom is -0.356 e. The standard InChI is InChI=1S/C15H34N4O/c1-6-7-17-15(20)10-14(11-16)19(12-13(2)3)9-8-18(4)5/h13-14H,6-12,16H2,1-5H3,(H,17,20). The molecule has 0 aromatic rings. The van der Waals surface area contributed by atoms with E-state index in [0.717, 1.165) is 32.6 Å². The van der Waals surface area contributed by atoms with E-state index in [9.17, 15) is 4.79 Å². The first kappa shape index (κ1) is 19.4. The lowest BCUT2D eigenvalue weighted by Gasteiger charge is -2.33. The molecule has 1 unspecified atom stereocenters. The Bertz CT molecular complexity index is 256. The first-order valence-electron chi connectivity index (χ1n) is 7.76. The largest absolute Gasteiger partial charge is 0.356 e. The lowest BCUT2D eigenvalue weighted by Crippen LogP contribution is -2.47. The van der Waals surface area contributed by atoms with Gasteiger partial charge < -0.3 is 16.0 Å². The van der Waals surface area contributed by atoms with Crippen LogP contribution in [-0.4, -0.2) is 68.6 Å². The summed E-state index contributed by atoms with van der Waals surface area (Å²) in [5, 5.41) is 2.94. The SMILES string of the molecule is CCCNC(=O)CC(CN)N(CCN(C)C)CC(C)C. The summed E-state index contributed by atoms with van der Waals surface area (Å²) in [6.45, 7) is 10.7. The third-order valence-electron chi connectivity index (χ3n) is 3.22. The highest BCUT2D eigenvalue weighted by molar-refractivity contribution is 5.76. The minimum absolute atomic E-state index is 0.112. The Labute approximate surface area is 124 Å². The summed E-state index contributed by atoms with van der Waals surface area (Å²) in [5.41, 5.74) is 5.90. The van der Waals surface area contributed by atoms with Gasteiger partial charge in [-0.2, -0.15) is 0 Å². The van der Waals surface area contributed by atoms with Gasteiger partial charge in [-0.25, -0.2) is 0 Å². The Morgan fingerprint density at radius 1 is 1.25 bits per heavy atom. The molecular weight excluding hydrogens is 252 g/mol. The van der Waals surface area contributed by atoms with Crippen LogP contribution in [0, 0.1) is 5.92 Å². The monoisotopic (exact) mass is 286 g/mol. The summed E-state index contributed by atoms with van der Waals surface area (Å²) in [7, 11) is 4.14. The van der Waals surface area contributed by atoms with Gasteiger partial charge in [0, 0.05) is 45.2 Å². The predicted octanol–water partition coefficient (Wildman–Crippen LogP) is 0.750. The summed E-state index contributed by atoms with van der Waals surface area (Å²) in [5.74, 6) is 0.686. The molecule has 0 saturated carbocycles. The first-order chi connectivity index (χ1) is 9.40. The van der Waals surface area contributed by atoms with Crippen molar-refractivity contribution in [3.8, 4) is 0 Å². The maximum atomic E-state index is 11.9. The van der Waals surface area contributed by atoms with E-state index >= 15 is 0 Å². The number of carbonyl (C=O) groups excluding carboxylic acids is 1. The molecule has 0 aliphatic rings. The van der Waals surface area contributed by atoms with Crippen molar-refractivity contribution in [2.24, 2.45) is 11.7 Å². The summed E-state index contributed by atoms with van der Waals surface area (Å²) in [4.78, 5) is 16.4. The molecule has 0 radical (unpaired) electrons. The number of nitrogens with zero attached hydrogens (tertiary/aromatic N) is 2. The molecule has 0 fully saturated rings. The molecule has 5 nitrogen and oxygen atoms in total. The highest BCUT2D eigenvalue weighted by Crippen LogP contribution is 2.08. The van der Waals surface area contributed by atoms with Gasteiger partial charge in [0.1, 0.15) is 0 Å². The number of hydrogen-bond donors (Lipinski definition) is 2. The molecule has 0 heterocycles. The van der Waals surface area contributed by atoms with Gasteiger partial charge in [0.15, 0.2) is 0 Å². The molecule has 5 heteroatoms. The minimum atomic E-state index is 0.112. The van der Waals surface area contributed by atoms with E-state index in [4.69, 9.17) is 5.73 Å². The van der Waals surface area contributed by atoms with E-state index in [1.54, 1.807) is 0 Å². The molecule has 1 amide bonds. The smallest absolute Gasteiger partial charge is 0.221 e. The van der Waals surface area contributed by atoms with Crippen molar-refractivity contribution in [3.63, 3.8) is 0 Å². The van der Waals surface area contributed by atoms with E-state index in [1.807, 2.05) is 0 Å². The molecule has 0 aliphatic carbocycles. The number of nitrogens with two attached hydrogens (primary N) is 1. The average Bonchev–Trinajstić information content (AvgIpc) is 2.38. The van der Waals surface area contributed by atoms with Crippen LogP contribution in [0.2, 0.25) is 0 Å². The Balaban J connectivity index is 4.49. The Morgan fingerprint density at radius 3 is 2.35 bits per heavy atom. The molecule has 20 heavy (non-hydrogen) atoms. The van der Waals surface area contributed by atoms with Gasteiger partial charge in [0.05, 0.1) is 0 Å². The average molecular weight is 286 g/mol. The maximum Gasteiger partial charge on any atom is 0.221 e. The number of hydrogen-bond acceptors (Lipinski definition) is 4. The predicted molar refractivity (Wildman–Crippen MR) is 85.7 cm³/mol. The molecule has 120 valence electrons. The molecule has 1 atom stereocenters. The van der Waals surface area contributed by atoms with Gasteiger partial charge in [0.25, 0.3) is 0 Å². The van der Waals surface area contributed by atoms with E-state index in [1.165, 1.54) is 0 Å².